The van der Waals surface area contributed by atoms with E-state index in [0.717, 1.165) is 16.9 Å². The Kier molecular flexibility index (Phi) is 11.7. The summed E-state index contributed by atoms with van der Waals surface area (Å²) < 4.78 is 17.2. The van der Waals surface area contributed by atoms with Gasteiger partial charge >= 0.3 is 5.97 Å². The van der Waals surface area contributed by atoms with Crippen LogP contribution < -0.4 is 14.8 Å². The molecule has 0 spiro atoms. The number of nitrogens with zero attached hydrogens (tertiary/aromatic N) is 1. The largest absolute Gasteiger partial charge is 0.493 e. The smallest absolute Gasteiger partial charge is 0.339 e. The molecule has 0 radical (unpaired) electrons. The summed E-state index contributed by atoms with van der Waals surface area (Å²) in [5.74, 6) is -1.04. The number of thioether (sulfide) groups is 1. The molecule has 0 saturated carbocycles. The van der Waals surface area contributed by atoms with E-state index in [1.165, 1.54) is 31.4 Å². The lowest BCUT2D eigenvalue weighted by Gasteiger charge is -2.14. The van der Waals surface area contributed by atoms with Crippen molar-refractivity contribution < 1.29 is 33.4 Å². The van der Waals surface area contributed by atoms with Crippen molar-refractivity contribution in [3.8, 4) is 11.5 Å². The minimum Gasteiger partial charge on any atom is -0.493 e. The van der Waals surface area contributed by atoms with Gasteiger partial charge in [0.05, 0.1) is 33.7 Å². The fourth-order valence-electron chi connectivity index (χ4n) is 4.01. The quantitative estimate of drug-likeness (QED) is 0.114. The summed E-state index contributed by atoms with van der Waals surface area (Å²) in [6.07, 6.45) is 3.10. The lowest BCUT2D eigenvalue weighted by molar-refractivity contribution is -0.127. The van der Waals surface area contributed by atoms with Crippen molar-refractivity contribution in [1.82, 2.24) is 4.90 Å². The number of carbonyl (C=O) groups excluding carboxylic acids is 4. The molecule has 1 fully saturated rings. The predicted octanol–water partition coefficient (Wildman–Crippen LogP) is 7.98. The Morgan fingerprint density at radius 1 is 1.07 bits per heavy atom. The molecule has 1 saturated heterocycles. The third-order valence-corrected chi connectivity index (χ3v) is 8.45. The topological polar surface area (TPSA) is 111 Å². The molecule has 3 amide bonds. The Hall–Kier alpha value is -3.51. The molecule has 9 nitrogen and oxygen atoms in total. The van der Waals surface area contributed by atoms with Gasteiger partial charge in [0, 0.05) is 16.3 Å². The molecule has 1 heterocycles. The highest BCUT2D eigenvalue weighted by Gasteiger charge is 2.36. The van der Waals surface area contributed by atoms with Gasteiger partial charge in [-0.2, -0.15) is 0 Å². The van der Waals surface area contributed by atoms with Gasteiger partial charge in [0.25, 0.3) is 11.1 Å². The number of benzene rings is 3. The van der Waals surface area contributed by atoms with Gasteiger partial charge in [-0.1, -0.05) is 54.7 Å². The SMILES string of the molecule is CCCCOC(=O)c1cc(NC(=O)CN2C(=O)S/C(=C/c3cc(Br)c(OCc4ccccc4Cl)c(OC)c3)C2=O)ccc1Cl. The predicted molar refractivity (Wildman–Crippen MR) is 174 cm³/mol. The maximum atomic E-state index is 13.1. The Balaban J connectivity index is 1.43. The van der Waals surface area contributed by atoms with Crippen LogP contribution in [0.5, 0.6) is 11.5 Å². The van der Waals surface area contributed by atoms with Gasteiger partial charge in [-0.25, -0.2) is 4.79 Å². The second-order valence-corrected chi connectivity index (χ2v) is 12.1. The third kappa shape index (κ3) is 8.35. The summed E-state index contributed by atoms with van der Waals surface area (Å²) in [5.41, 5.74) is 1.72. The fourth-order valence-corrected chi connectivity index (χ4v) is 5.80. The monoisotopic (exact) mass is 720 g/mol. The van der Waals surface area contributed by atoms with Gasteiger partial charge in [-0.15, -0.1) is 0 Å². The van der Waals surface area contributed by atoms with Crippen LogP contribution in [-0.2, 0) is 20.9 Å². The highest BCUT2D eigenvalue weighted by atomic mass is 79.9. The Labute approximate surface area is 276 Å². The van der Waals surface area contributed by atoms with E-state index in [9.17, 15) is 19.2 Å². The average Bonchev–Trinajstić information content (AvgIpc) is 3.25. The number of nitrogens with one attached hydrogen (secondary N) is 1. The fraction of sp³-hybridized carbons (Fsp3) is 0.226. The number of rotatable bonds is 12. The van der Waals surface area contributed by atoms with Crippen LogP contribution in [0.4, 0.5) is 10.5 Å². The lowest BCUT2D eigenvalue weighted by Crippen LogP contribution is -2.36. The number of unbranched alkanes of at least 4 members (excludes halogenated alkanes) is 1. The molecule has 1 aliphatic heterocycles. The first-order valence-corrected chi connectivity index (χ1v) is 15.7. The van der Waals surface area contributed by atoms with Crippen LogP contribution in [0.2, 0.25) is 10.0 Å². The maximum Gasteiger partial charge on any atom is 0.339 e. The molecule has 0 atom stereocenters. The molecule has 4 rings (SSSR count). The van der Waals surface area contributed by atoms with Gasteiger partial charge in [0.2, 0.25) is 5.91 Å². The lowest BCUT2D eigenvalue weighted by atomic mass is 10.1. The molecule has 0 unspecified atom stereocenters. The highest BCUT2D eigenvalue weighted by Crippen LogP contribution is 2.40. The van der Waals surface area contributed by atoms with Gasteiger partial charge in [0.1, 0.15) is 13.2 Å². The van der Waals surface area contributed by atoms with E-state index in [1.54, 1.807) is 18.2 Å². The molecule has 3 aromatic carbocycles. The van der Waals surface area contributed by atoms with E-state index in [4.69, 9.17) is 37.4 Å². The van der Waals surface area contributed by atoms with Gasteiger partial charge < -0.3 is 19.5 Å². The van der Waals surface area contributed by atoms with Crippen LogP contribution in [0.15, 0.2) is 64.0 Å². The van der Waals surface area contributed by atoms with Crippen LogP contribution in [0.1, 0.15) is 41.3 Å². The Bertz CT molecular complexity index is 1630. The van der Waals surface area contributed by atoms with E-state index in [1.807, 2.05) is 25.1 Å². The molecule has 230 valence electrons. The summed E-state index contributed by atoms with van der Waals surface area (Å²) in [6.45, 7) is 1.90. The van der Waals surface area contributed by atoms with Gasteiger partial charge in [-0.05, 0) is 82.2 Å². The number of carbonyl (C=O) groups is 4. The number of imide groups is 1. The van der Waals surface area contributed by atoms with Gasteiger partial charge in [0.15, 0.2) is 11.5 Å². The zero-order valence-corrected chi connectivity index (χ0v) is 27.6. The van der Waals surface area contributed by atoms with Crippen molar-refractivity contribution >= 4 is 85.7 Å². The first-order valence-electron chi connectivity index (χ1n) is 13.4. The number of hydrogen-bond acceptors (Lipinski definition) is 8. The Morgan fingerprint density at radius 3 is 2.57 bits per heavy atom. The first-order chi connectivity index (χ1) is 21.1. The van der Waals surface area contributed by atoms with Crippen LogP contribution in [-0.4, -0.2) is 48.2 Å². The zero-order chi connectivity index (χ0) is 31.8. The molecular formula is C31H27BrCl2N2O7S. The van der Waals surface area contributed by atoms with Crippen molar-refractivity contribution in [2.75, 3.05) is 25.6 Å². The molecular weight excluding hydrogens is 695 g/mol. The van der Waals surface area contributed by atoms with E-state index in [0.29, 0.717) is 44.7 Å². The number of esters is 1. The number of methoxy groups -OCH3 is 1. The summed E-state index contributed by atoms with van der Waals surface area (Å²) in [4.78, 5) is 51.9. The van der Waals surface area contributed by atoms with Crippen molar-refractivity contribution in [2.45, 2.75) is 26.4 Å². The van der Waals surface area contributed by atoms with Crippen molar-refractivity contribution in [3.63, 3.8) is 0 Å². The minimum atomic E-state index is -0.634. The second-order valence-electron chi connectivity index (χ2n) is 9.41. The normalized spacial score (nSPS) is 13.8. The van der Waals surface area contributed by atoms with Crippen molar-refractivity contribution in [1.29, 1.82) is 0 Å². The molecule has 1 aliphatic rings. The van der Waals surface area contributed by atoms with Crippen LogP contribution in [0.25, 0.3) is 6.08 Å². The standard InChI is InChI=1S/C31H27BrCl2N2O7S/c1-3-4-11-42-30(39)21-15-20(9-10-24(21)34)35-27(37)16-36-29(38)26(44-31(36)40)14-18-12-22(32)28(25(13-18)41-2)43-17-19-7-5-6-8-23(19)33/h5-10,12-15H,3-4,11,16-17H2,1-2H3,(H,35,37)/b26-14+. The molecule has 13 heteroatoms. The Morgan fingerprint density at radius 2 is 1.84 bits per heavy atom. The molecule has 1 N–H and O–H groups in total. The molecule has 0 bridgehead atoms. The van der Waals surface area contributed by atoms with Crippen molar-refractivity contribution in [2.24, 2.45) is 0 Å². The van der Waals surface area contributed by atoms with E-state index < -0.39 is 29.6 Å². The highest BCUT2D eigenvalue weighted by molar-refractivity contribution is 9.10. The number of hydrogen-bond donors (Lipinski definition) is 1. The summed E-state index contributed by atoms with van der Waals surface area (Å²) in [7, 11) is 1.49. The molecule has 0 aliphatic carbocycles. The van der Waals surface area contributed by atoms with Gasteiger partial charge in [-0.3, -0.25) is 19.3 Å². The molecule has 0 aromatic heterocycles. The maximum absolute atomic E-state index is 13.1. The summed E-state index contributed by atoms with van der Waals surface area (Å²) >= 11 is 16.6. The number of amides is 3. The first kappa shape index (κ1) is 33.4. The third-order valence-electron chi connectivity index (χ3n) is 6.26. The van der Waals surface area contributed by atoms with Crippen LogP contribution in [0, 0.1) is 0 Å². The number of ether oxygens (including phenoxy) is 3. The molecule has 44 heavy (non-hydrogen) atoms. The van der Waals surface area contributed by atoms with Crippen LogP contribution in [0.3, 0.4) is 0 Å². The summed E-state index contributed by atoms with van der Waals surface area (Å²) in [5, 5.41) is 2.74. The van der Waals surface area contributed by atoms with E-state index in [2.05, 4.69) is 21.2 Å². The number of halogens is 3. The van der Waals surface area contributed by atoms with Crippen LogP contribution >= 0.6 is 50.9 Å². The van der Waals surface area contributed by atoms with E-state index >= 15 is 0 Å². The summed E-state index contributed by atoms with van der Waals surface area (Å²) in [6, 6.07) is 15.0. The zero-order valence-electron chi connectivity index (χ0n) is 23.7. The second kappa shape index (κ2) is 15.5. The minimum absolute atomic E-state index is 0.0940. The average molecular weight is 722 g/mol. The van der Waals surface area contributed by atoms with Crippen molar-refractivity contribution in [3.05, 3.63) is 90.7 Å². The number of anilines is 1. The van der Waals surface area contributed by atoms with E-state index in [-0.39, 0.29) is 34.4 Å². The molecule has 3 aromatic rings.